The van der Waals surface area contributed by atoms with Crippen LogP contribution in [-0.4, -0.2) is 40.0 Å². The van der Waals surface area contributed by atoms with Crippen LogP contribution in [0.25, 0.3) is 0 Å². The van der Waals surface area contributed by atoms with Crippen LogP contribution in [0.3, 0.4) is 0 Å². The van der Waals surface area contributed by atoms with Crippen LogP contribution in [0.4, 0.5) is 0 Å². The average Bonchev–Trinajstić information content (AvgIpc) is 3.10. The molecule has 1 aliphatic heterocycles. The molecule has 1 aromatic rings. The predicted molar refractivity (Wildman–Crippen MR) is 78.5 cm³/mol. The monoisotopic (exact) mass is 281 g/mol. The van der Waals surface area contributed by atoms with Gasteiger partial charge < -0.3 is 10.5 Å². The van der Waals surface area contributed by atoms with Crippen molar-refractivity contribution in [2.45, 2.75) is 50.3 Å². The molecule has 1 aliphatic carbocycles. The number of hydrogen-bond donors (Lipinski definition) is 1. The Bertz CT molecular complexity index is 397. The van der Waals surface area contributed by atoms with Crippen LogP contribution in [0.15, 0.2) is 12.3 Å². The zero-order chi connectivity index (χ0) is 13.1. The first-order chi connectivity index (χ1) is 9.33. The molecule has 2 atom stereocenters. The second-order valence-corrected chi connectivity index (χ2v) is 6.73. The number of ether oxygens (including phenoxy) is 1. The Morgan fingerprint density at radius 2 is 2.32 bits per heavy atom. The van der Waals surface area contributed by atoms with Crippen molar-refractivity contribution in [2.24, 2.45) is 5.73 Å². The van der Waals surface area contributed by atoms with Crippen molar-refractivity contribution in [3.63, 3.8) is 0 Å². The maximum atomic E-state index is 6.26. The lowest BCUT2D eigenvalue weighted by Crippen LogP contribution is -2.42. The van der Waals surface area contributed by atoms with E-state index in [0.29, 0.717) is 6.04 Å². The zero-order valence-corrected chi connectivity index (χ0v) is 12.1. The largest absolute Gasteiger partial charge is 0.375 e. The van der Waals surface area contributed by atoms with E-state index in [2.05, 4.69) is 16.9 Å². The molecule has 0 radical (unpaired) electrons. The van der Waals surface area contributed by atoms with E-state index in [4.69, 9.17) is 15.6 Å². The number of rotatable bonds is 4. The highest BCUT2D eigenvalue weighted by Gasteiger charge is 2.23. The number of thioether (sulfide) groups is 1. The van der Waals surface area contributed by atoms with Gasteiger partial charge in [0, 0.05) is 30.2 Å². The van der Waals surface area contributed by atoms with Gasteiger partial charge in [-0.2, -0.15) is 16.9 Å². The molecule has 1 saturated carbocycles. The van der Waals surface area contributed by atoms with Gasteiger partial charge >= 0.3 is 0 Å². The summed E-state index contributed by atoms with van der Waals surface area (Å²) in [7, 11) is 0. The first-order valence-electron chi connectivity index (χ1n) is 7.32. The lowest BCUT2D eigenvalue weighted by Gasteiger charge is -2.27. The van der Waals surface area contributed by atoms with E-state index in [1.807, 2.05) is 11.8 Å². The van der Waals surface area contributed by atoms with Crippen LogP contribution in [0, 0.1) is 0 Å². The predicted octanol–water partition coefficient (Wildman–Crippen LogP) is 2.00. The molecule has 2 N–H and O–H groups in total. The molecule has 2 fully saturated rings. The third-order valence-electron chi connectivity index (χ3n) is 4.13. The lowest BCUT2D eigenvalue weighted by molar-refractivity contribution is 0.0569. The Hall–Kier alpha value is -0.520. The normalized spacial score (nSPS) is 26.7. The van der Waals surface area contributed by atoms with Crippen molar-refractivity contribution < 1.29 is 4.74 Å². The second-order valence-electron chi connectivity index (χ2n) is 5.58. The Morgan fingerprint density at radius 1 is 1.47 bits per heavy atom. The highest BCUT2D eigenvalue weighted by molar-refractivity contribution is 7.99. The smallest absolute Gasteiger partial charge is 0.0820 e. The van der Waals surface area contributed by atoms with Gasteiger partial charge in [0.15, 0.2) is 0 Å². The molecule has 19 heavy (non-hydrogen) atoms. The Kier molecular flexibility index (Phi) is 4.45. The average molecular weight is 281 g/mol. The lowest BCUT2D eigenvalue weighted by atomic mass is 10.1. The van der Waals surface area contributed by atoms with Gasteiger partial charge in [0.2, 0.25) is 0 Å². The van der Waals surface area contributed by atoms with E-state index < -0.39 is 0 Å². The summed E-state index contributed by atoms with van der Waals surface area (Å²) in [6.45, 7) is 0.833. The molecular formula is C14H23N3OS. The molecule has 0 aromatic carbocycles. The summed E-state index contributed by atoms with van der Waals surface area (Å²) in [5, 5.41) is 4.70. The zero-order valence-electron chi connectivity index (χ0n) is 11.3. The summed E-state index contributed by atoms with van der Waals surface area (Å²) in [6.07, 6.45) is 8.36. The third-order valence-corrected chi connectivity index (χ3v) is 5.15. The number of aromatic nitrogens is 2. The van der Waals surface area contributed by atoms with E-state index in [0.717, 1.165) is 30.2 Å². The molecule has 5 heteroatoms. The van der Waals surface area contributed by atoms with Crippen LogP contribution < -0.4 is 5.73 Å². The van der Waals surface area contributed by atoms with Gasteiger partial charge in [0.05, 0.1) is 24.4 Å². The van der Waals surface area contributed by atoms with E-state index in [9.17, 15) is 0 Å². The summed E-state index contributed by atoms with van der Waals surface area (Å²) in [6, 6.07) is 2.81. The van der Waals surface area contributed by atoms with Gasteiger partial charge in [-0.25, -0.2) is 0 Å². The molecular weight excluding hydrogens is 258 g/mol. The van der Waals surface area contributed by atoms with Crippen molar-refractivity contribution in [2.75, 3.05) is 18.1 Å². The van der Waals surface area contributed by atoms with Gasteiger partial charge in [-0.05, 0) is 18.9 Å². The summed E-state index contributed by atoms with van der Waals surface area (Å²) < 4.78 is 7.88. The molecule has 2 unspecified atom stereocenters. The number of nitrogens with zero attached hydrogens (tertiary/aromatic N) is 2. The van der Waals surface area contributed by atoms with Crippen molar-refractivity contribution in [1.29, 1.82) is 0 Å². The maximum Gasteiger partial charge on any atom is 0.0820 e. The molecule has 1 aromatic heterocycles. The highest BCUT2D eigenvalue weighted by atomic mass is 32.2. The summed E-state index contributed by atoms with van der Waals surface area (Å²) in [4.78, 5) is 0. The van der Waals surface area contributed by atoms with Crippen molar-refractivity contribution >= 4 is 11.8 Å². The minimum absolute atomic E-state index is 0.0692. The van der Waals surface area contributed by atoms with Crippen LogP contribution >= 0.6 is 11.8 Å². The Morgan fingerprint density at radius 3 is 3.05 bits per heavy atom. The van der Waals surface area contributed by atoms with Crippen LogP contribution in [-0.2, 0) is 11.2 Å². The third kappa shape index (κ3) is 3.33. The van der Waals surface area contributed by atoms with Crippen LogP contribution in [0.5, 0.6) is 0 Å². The Balaban J connectivity index is 1.56. The maximum absolute atomic E-state index is 6.26. The van der Waals surface area contributed by atoms with Crippen molar-refractivity contribution in [3.05, 3.63) is 18.0 Å². The van der Waals surface area contributed by atoms with Gasteiger partial charge in [-0.15, -0.1) is 0 Å². The minimum atomic E-state index is 0.0692. The molecule has 0 amide bonds. The van der Waals surface area contributed by atoms with Gasteiger partial charge in [0.1, 0.15) is 0 Å². The quantitative estimate of drug-likeness (QED) is 0.917. The van der Waals surface area contributed by atoms with E-state index in [-0.39, 0.29) is 12.1 Å². The molecule has 106 valence electrons. The molecule has 2 heterocycles. The van der Waals surface area contributed by atoms with E-state index >= 15 is 0 Å². The van der Waals surface area contributed by atoms with E-state index in [1.165, 1.54) is 25.7 Å². The fourth-order valence-corrected chi connectivity index (χ4v) is 3.94. The standard InChI is InChI=1S/C14H23N3OS/c15-13(14-10-19-8-7-18-14)9-11-5-6-17(16-11)12-3-1-2-4-12/h5-6,12-14H,1-4,7-10,15H2. The van der Waals surface area contributed by atoms with Crippen LogP contribution in [0.2, 0.25) is 0 Å². The summed E-state index contributed by atoms with van der Waals surface area (Å²) >= 11 is 1.94. The second kappa shape index (κ2) is 6.29. The van der Waals surface area contributed by atoms with Gasteiger partial charge in [0.25, 0.3) is 0 Å². The fraction of sp³-hybridized carbons (Fsp3) is 0.786. The molecule has 0 bridgehead atoms. The Labute approximate surface area is 119 Å². The summed E-state index contributed by atoms with van der Waals surface area (Å²) in [5.74, 6) is 2.12. The fourth-order valence-electron chi connectivity index (χ4n) is 2.98. The molecule has 4 nitrogen and oxygen atoms in total. The van der Waals surface area contributed by atoms with Crippen molar-refractivity contribution in [1.82, 2.24) is 9.78 Å². The van der Waals surface area contributed by atoms with Crippen LogP contribution in [0.1, 0.15) is 37.4 Å². The molecule has 0 spiro atoms. The van der Waals surface area contributed by atoms with Crippen molar-refractivity contribution in [3.8, 4) is 0 Å². The van der Waals surface area contributed by atoms with E-state index in [1.54, 1.807) is 0 Å². The van der Waals surface area contributed by atoms with Gasteiger partial charge in [-0.3, -0.25) is 4.68 Å². The molecule has 2 aliphatic rings. The topological polar surface area (TPSA) is 53.1 Å². The first-order valence-corrected chi connectivity index (χ1v) is 8.47. The molecule has 1 saturated heterocycles. The summed E-state index contributed by atoms with van der Waals surface area (Å²) in [5.41, 5.74) is 7.37. The minimum Gasteiger partial charge on any atom is -0.375 e. The first kappa shape index (κ1) is 13.5. The van der Waals surface area contributed by atoms with Gasteiger partial charge in [-0.1, -0.05) is 12.8 Å². The number of hydrogen-bond acceptors (Lipinski definition) is 4. The SMILES string of the molecule is NC(Cc1ccn(C2CCCC2)n1)C1CSCCO1. The number of nitrogens with two attached hydrogens (primary N) is 1. The molecule has 3 rings (SSSR count). The highest BCUT2D eigenvalue weighted by Crippen LogP contribution is 2.28.